The van der Waals surface area contributed by atoms with Gasteiger partial charge in [0.2, 0.25) is 0 Å². The van der Waals surface area contributed by atoms with Crippen LogP contribution in [0.5, 0.6) is 0 Å². The standard InChI is InChI=1S/C15H17ClN2O/c16-13-4-3-11-7-15(10-17,8-12(11)6-13)18-9-14-2-1-5-19-14/h3-4,6,14,18H,1-2,5,7-9H2. The molecule has 0 bridgehead atoms. The van der Waals surface area contributed by atoms with Crippen LogP contribution < -0.4 is 5.32 Å². The average Bonchev–Trinajstić information content (AvgIpc) is 3.03. The quantitative estimate of drug-likeness (QED) is 0.922. The maximum Gasteiger partial charge on any atom is 0.114 e. The van der Waals surface area contributed by atoms with Gasteiger partial charge in [-0.1, -0.05) is 17.7 Å². The van der Waals surface area contributed by atoms with E-state index in [0.29, 0.717) is 0 Å². The molecule has 2 atom stereocenters. The van der Waals surface area contributed by atoms with Crippen molar-refractivity contribution < 1.29 is 4.74 Å². The van der Waals surface area contributed by atoms with E-state index in [1.54, 1.807) is 0 Å². The number of fused-ring (bicyclic) bond motifs is 1. The summed E-state index contributed by atoms with van der Waals surface area (Å²) in [5, 5.41) is 13.7. The highest BCUT2D eigenvalue weighted by molar-refractivity contribution is 6.30. The van der Waals surface area contributed by atoms with E-state index >= 15 is 0 Å². The Kier molecular flexibility index (Phi) is 3.49. The summed E-state index contributed by atoms with van der Waals surface area (Å²) in [5.74, 6) is 0. The zero-order chi connectivity index (χ0) is 13.3. The van der Waals surface area contributed by atoms with E-state index in [1.807, 2.05) is 18.2 Å². The van der Waals surface area contributed by atoms with Crippen molar-refractivity contribution in [3.8, 4) is 6.07 Å². The molecule has 19 heavy (non-hydrogen) atoms. The molecule has 1 fully saturated rings. The third kappa shape index (κ3) is 2.62. The predicted octanol–water partition coefficient (Wildman–Crippen LogP) is 2.47. The first-order chi connectivity index (χ1) is 9.21. The van der Waals surface area contributed by atoms with Crippen molar-refractivity contribution in [3.05, 3.63) is 34.3 Å². The van der Waals surface area contributed by atoms with E-state index in [1.165, 1.54) is 11.1 Å². The van der Waals surface area contributed by atoms with Gasteiger partial charge in [-0.3, -0.25) is 5.32 Å². The molecule has 1 aliphatic heterocycles. The van der Waals surface area contributed by atoms with E-state index in [0.717, 1.165) is 43.9 Å². The van der Waals surface area contributed by atoms with Crippen molar-refractivity contribution in [1.82, 2.24) is 5.32 Å². The lowest BCUT2D eigenvalue weighted by Gasteiger charge is -2.24. The summed E-state index contributed by atoms with van der Waals surface area (Å²) in [7, 11) is 0. The summed E-state index contributed by atoms with van der Waals surface area (Å²) >= 11 is 6.02. The summed E-state index contributed by atoms with van der Waals surface area (Å²) < 4.78 is 5.61. The van der Waals surface area contributed by atoms with Gasteiger partial charge in [0.25, 0.3) is 0 Å². The van der Waals surface area contributed by atoms with Gasteiger partial charge in [0.1, 0.15) is 5.54 Å². The third-order valence-corrected chi connectivity index (χ3v) is 4.29. The molecule has 2 aliphatic rings. The fourth-order valence-corrected chi connectivity index (χ4v) is 3.20. The van der Waals surface area contributed by atoms with Gasteiger partial charge < -0.3 is 4.74 Å². The van der Waals surface area contributed by atoms with Gasteiger partial charge in [-0.25, -0.2) is 0 Å². The fraction of sp³-hybridized carbons (Fsp3) is 0.533. The highest BCUT2D eigenvalue weighted by Gasteiger charge is 2.37. The van der Waals surface area contributed by atoms with Gasteiger partial charge in [0.05, 0.1) is 12.2 Å². The van der Waals surface area contributed by atoms with Crippen LogP contribution >= 0.6 is 11.6 Å². The third-order valence-electron chi connectivity index (χ3n) is 4.06. The molecule has 1 heterocycles. The zero-order valence-electron chi connectivity index (χ0n) is 10.8. The lowest BCUT2D eigenvalue weighted by Crippen LogP contribution is -2.47. The van der Waals surface area contributed by atoms with Crippen LogP contribution in [0.15, 0.2) is 18.2 Å². The number of rotatable bonds is 3. The highest BCUT2D eigenvalue weighted by Crippen LogP contribution is 2.32. The number of nitriles is 1. The Labute approximate surface area is 118 Å². The van der Waals surface area contributed by atoms with Gasteiger partial charge in [-0.05, 0) is 36.1 Å². The molecule has 1 N–H and O–H groups in total. The van der Waals surface area contributed by atoms with E-state index in [-0.39, 0.29) is 6.10 Å². The topological polar surface area (TPSA) is 45.0 Å². The molecule has 1 aromatic rings. The Morgan fingerprint density at radius 2 is 2.26 bits per heavy atom. The molecular weight excluding hydrogens is 260 g/mol. The van der Waals surface area contributed by atoms with Gasteiger partial charge in [-0.15, -0.1) is 0 Å². The molecule has 100 valence electrons. The average molecular weight is 277 g/mol. The Morgan fingerprint density at radius 3 is 3.00 bits per heavy atom. The maximum atomic E-state index is 9.55. The van der Waals surface area contributed by atoms with Crippen molar-refractivity contribution in [2.45, 2.75) is 37.3 Å². The van der Waals surface area contributed by atoms with Crippen LogP contribution in [0.25, 0.3) is 0 Å². The zero-order valence-corrected chi connectivity index (χ0v) is 11.5. The van der Waals surface area contributed by atoms with Crippen molar-refractivity contribution >= 4 is 11.6 Å². The Bertz CT molecular complexity index is 519. The summed E-state index contributed by atoms with van der Waals surface area (Å²) in [4.78, 5) is 0. The first kappa shape index (κ1) is 12.9. The van der Waals surface area contributed by atoms with Crippen LogP contribution in [0.3, 0.4) is 0 Å². The highest BCUT2D eigenvalue weighted by atomic mass is 35.5. The monoisotopic (exact) mass is 276 g/mol. The van der Waals surface area contributed by atoms with E-state index in [4.69, 9.17) is 16.3 Å². The van der Waals surface area contributed by atoms with E-state index in [9.17, 15) is 5.26 Å². The van der Waals surface area contributed by atoms with Crippen molar-refractivity contribution in [3.63, 3.8) is 0 Å². The molecular formula is C15H17ClN2O. The van der Waals surface area contributed by atoms with Gasteiger partial charge in [0, 0.05) is 31.0 Å². The van der Waals surface area contributed by atoms with Crippen molar-refractivity contribution in [2.24, 2.45) is 0 Å². The largest absolute Gasteiger partial charge is 0.377 e. The van der Waals surface area contributed by atoms with Crippen LogP contribution in [0, 0.1) is 11.3 Å². The Balaban J connectivity index is 1.70. The molecule has 0 saturated carbocycles. The number of nitrogens with one attached hydrogen (secondary N) is 1. The SMILES string of the molecule is N#CC1(NCC2CCCO2)Cc2ccc(Cl)cc2C1. The van der Waals surface area contributed by atoms with Crippen LogP contribution in [0.1, 0.15) is 24.0 Å². The van der Waals surface area contributed by atoms with Gasteiger partial charge >= 0.3 is 0 Å². The molecule has 3 nitrogen and oxygen atoms in total. The molecule has 2 unspecified atom stereocenters. The number of benzene rings is 1. The summed E-state index contributed by atoms with van der Waals surface area (Å²) in [6, 6.07) is 8.36. The molecule has 1 aliphatic carbocycles. The number of hydrogen-bond donors (Lipinski definition) is 1. The molecule has 1 aromatic carbocycles. The minimum absolute atomic E-state index is 0.262. The van der Waals surface area contributed by atoms with Crippen molar-refractivity contribution in [1.29, 1.82) is 5.26 Å². The van der Waals surface area contributed by atoms with Crippen LogP contribution in [0.2, 0.25) is 5.02 Å². The second kappa shape index (κ2) is 5.13. The molecule has 1 saturated heterocycles. The summed E-state index contributed by atoms with van der Waals surface area (Å²) in [6.45, 7) is 1.61. The van der Waals surface area contributed by atoms with Gasteiger partial charge in [-0.2, -0.15) is 5.26 Å². The minimum Gasteiger partial charge on any atom is -0.377 e. The first-order valence-corrected chi connectivity index (χ1v) is 7.14. The first-order valence-electron chi connectivity index (χ1n) is 6.76. The predicted molar refractivity (Wildman–Crippen MR) is 74.2 cm³/mol. The van der Waals surface area contributed by atoms with Gasteiger partial charge in [0.15, 0.2) is 0 Å². The Hall–Kier alpha value is -1.08. The minimum atomic E-state index is -0.487. The number of nitrogens with zero attached hydrogens (tertiary/aromatic N) is 1. The lowest BCUT2D eigenvalue weighted by molar-refractivity contribution is 0.105. The second-order valence-corrected chi connectivity index (χ2v) is 5.91. The molecule has 4 heteroatoms. The Morgan fingerprint density at radius 1 is 1.42 bits per heavy atom. The summed E-state index contributed by atoms with van der Waals surface area (Å²) in [6.07, 6.45) is 3.96. The number of halogens is 1. The number of hydrogen-bond acceptors (Lipinski definition) is 3. The molecule has 0 radical (unpaired) electrons. The lowest BCUT2D eigenvalue weighted by atomic mass is 9.97. The molecule has 0 amide bonds. The second-order valence-electron chi connectivity index (χ2n) is 5.48. The fourth-order valence-electron chi connectivity index (χ4n) is 3.00. The maximum absolute atomic E-state index is 9.55. The molecule has 0 spiro atoms. The van der Waals surface area contributed by atoms with Crippen LogP contribution in [-0.4, -0.2) is 24.8 Å². The molecule has 3 rings (SSSR count). The normalized spacial score (nSPS) is 29.2. The smallest absolute Gasteiger partial charge is 0.114 e. The van der Waals surface area contributed by atoms with Crippen LogP contribution in [0.4, 0.5) is 0 Å². The van der Waals surface area contributed by atoms with Crippen molar-refractivity contribution in [2.75, 3.05) is 13.2 Å². The van der Waals surface area contributed by atoms with Crippen LogP contribution in [-0.2, 0) is 17.6 Å². The summed E-state index contributed by atoms with van der Waals surface area (Å²) in [5.41, 5.74) is 1.93. The number of ether oxygens (including phenoxy) is 1. The van der Waals surface area contributed by atoms with E-state index < -0.39 is 5.54 Å². The van der Waals surface area contributed by atoms with E-state index in [2.05, 4.69) is 11.4 Å². The molecule has 0 aromatic heterocycles.